The number of nitrogens with zero attached hydrogens (tertiary/aromatic N) is 3. The Morgan fingerprint density at radius 3 is 2.59 bits per heavy atom. The van der Waals surface area contributed by atoms with Crippen LogP contribution < -0.4 is 0 Å². The summed E-state index contributed by atoms with van der Waals surface area (Å²) in [4.78, 5) is 17.9. The summed E-state index contributed by atoms with van der Waals surface area (Å²) in [5.74, 6) is -0.308. The SMILES string of the molecule is CN(Cc1ccc(C(F)(F)F)cc1)C(=O)/C=C/c1c(Cl)nc2ccccn12. The number of amides is 1. The van der Waals surface area contributed by atoms with Crippen molar-refractivity contribution in [3.63, 3.8) is 0 Å². The van der Waals surface area contributed by atoms with Crippen LogP contribution in [0.25, 0.3) is 11.7 Å². The Morgan fingerprint density at radius 1 is 1.22 bits per heavy atom. The highest BCUT2D eigenvalue weighted by Crippen LogP contribution is 2.29. The first-order chi connectivity index (χ1) is 12.8. The molecule has 3 rings (SSSR count). The van der Waals surface area contributed by atoms with Crippen molar-refractivity contribution in [1.29, 1.82) is 0 Å². The molecule has 0 aliphatic rings. The molecule has 0 aliphatic carbocycles. The number of aromatic nitrogens is 2. The van der Waals surface area contributed by atoms with Crippen LogP contribution in [0.4, 0.5) is 13.2 Å². The van der Waals surface area contributed by atoms with Crippen LogP contribution in [0, 0.1) is 0 Å². The second-order valence-corrected chi connectivity index (χ2v) is 6.30. The van der Waals surface area contributed by atoms with Gasteiger partial charge in [-0.25, -0.2) is 4.98 Å². The maximum atomic E-state index is 12.6. The average Bonchev–Trinajstić information content (AvgIpc) is 2.94. The normalized spacial score (nSPS) is 12.0. The quantitative estimate of drug-likeness (QED) is 0.604. The number of pyridine rings is 1. The molecule has 140 valence electrons. The highest BCUT2D eigenvalue weighted by Gasteiger charge is 2.29. The molecule has 2 heterocycles. The number of alkyl halides is 3. The lowest BCUT2D eigenvalue weighted by Crippen LogP contribution is -2.24. The van der Waals surface area contributed by atoms with Gasteiger partial charge in [-0.05, 0) is 35.9 Å². The number of halogens is 4. The molecule has 2 aromatic heterocycles. The summed E-state index contributed by atoms with van der Waals surface area (Å²) in [5, 5.41) is 0.274. The Morgan fingerprint density at radius 2 is 1.93 bits per heavy atom. The van der Waals surface area contributed by atoms with Crippen molar-refractivity contribution >= 4 is 29.2 Å². The standard InChI is InChI=1S/C19H15ClF3N3O/c1-25(12-13-5-7-14(8-6-13)19(21,22)23)17(27)10-9-15-18(20)24-16-4-2-3-11-26(15)16/h2-11H,12H2,1H3/b10-9+. The highest BCUT2D eigenvalue weighted by molar-refractivity contribution is 6.31. The molecular formula is C19H15ClF3N3O. The van der Waals surface area contributed by atoms with Crippen molar-refractivity contribution in [3.05, 3.63) is 76.7 Å². The van der Waals surface area contributed by atoms with Gasteiger partial charge >= 0.3 is 6.18 Å². The number of carbonyl (C=O) groups is 1. The summed E-state index contributed by atoms with van der Waals surface area (Å²) in [6.45, 7) is 0.183. The van der Waals surface area contributed by atoms with Crippen LogP contribution in [-0.2, 0) is 17.5 Å². The maximum Gasteiger partial charge on any atom is 0.416 e. The van der Waals surface area contributed by atoms with Gasteiger partial charge in [-0.15, -0.1) is 0 Å². The number of fused-ring (bicyclic) bond motifs is 1. The molecule has 3 aromatic rings. The molecule has 0 radical (unpaired) electrons. The second-order valence-electron chi connectivity index (χ2n) is 5.94. The zero-order valence-electron chi connectivity index (χ0n) is 14.2. The lowest BCUT2D eigenvalue weighted by molar-refractivity contribution is -0.137. The van der Waals surface area contributed by atoms with Crippen molar-refractivity contribution in [2.45, 2.75) is 12.7 Å². The molecule has 0 atom stereocenters. The van der Waals surface area contributed by atoms with Crippen LogP contribution in [0.15, 0.2) is 54.7 Å². The largest absolute Gasteiger partial charge is 0.416 e. The van der Waals surface area contributed by atoms with Crippen molar-refractivity contribution < 1.29 is 18.0 Å². The zero-order valence-corrected chi connectivity index (χ0v) is 15.0. The molecule has 8 heteroatoms. The topological polar surface area (TPSA) is 37.6 Å². The van der Waals surface area contributed by atoms with E-state index in [9.17, 15) is 18.0 Å². The van der Waals surface area contributed by atoms with Gasteiger partial charge in [0.15, 0.2) is 5.15 Å². The third-order valence-corrected chi connectivity index (χ3v) is 4.26. The third-order valence-electron chi connectivity index (χ3n) is 3.98. The maximum absolute atomic E-state index is 12.6. The Balaban J connectivity index is 1.70. The monoisotopic (exact) mass is 393 g/mol. The first-order valence-electron chi connectivity index (χ1n) is 7.97. The van der Waals surface area contributed by atoms with Gasteiger partial charge in [0, 0.05) is 25.9 Å². The highest BCUT2D eigenvalue weighted by atomic mass is 35.5. The summed E-state index contributed by atoms with van der Waals surface area (Å²) < 4.78 is 39.5. The lowest BCUT2D eigenvalue weighted by atomic mass is 10.1. The Kier molecular flexibility index (Phi) is 5.23. The minimum absolute atomic E-state index is 0.183. The van der Waals surface area contributed by atoms with Gasteiger partial charge < -0.3 is 4.90 Å². The Bertz CT molecular complexity index is 994. The van der Waals surface area contributed by atoms with Crippen LogP contribution in [0.1, 0.15) is 16.8 Å². The summed E-state index contributed by atoms with van der Waals surface area (Å²) in [5.41, 5.74) is 1.11. The van der Waals surface area contributed by atoms with Gasteiger partial charge in [-0.2, -0.15) is 13.2 Å². The number of hydrogen-bond acceptors (Lipinski definition) is 2. The minimum Gasteiger partial charge on any atom is -0.338 e. The molecular weight excluding hydrogens is 379 g/mol. The van der Waals surface area contributed by atoms with Crippen LogP contribution in [-0.4, -0.2) is 27.2 Å². The predicted molar refractivity (Wildman–Crippen MR) is 97.2 cm³/mol. The van der Waals surface area contributed by atoms with Gasteiger partial charge in [0.1, 0.15) is 5.65 Å². The number of hydrogen-bond donors (Lipinski definition) is 0. The van der Waals surface area contributed by atoms with Gasteiger partial charge in [0.25, 0.3) is 0 Å². The van der Waals surface area contributed by atoms with Gasteiger partial charge in [-0.1, -0.05) is 29.8 Å². The molecule has 0 spiro atoms. The van der Waals surface area contributed by atoms with E-state index in [4.69, 9.17) is 11.6 Å². The average molecular weight is 394 g/mol. The number of benzene rings is 1. The molecule has 0 saturated carbocycles. The van der Waals surface area contributed by atoms with Gasteiger partial charge in [0.2, 0.25) is 5.91 Å². The molecule has 0 N–H and O–H groups in total. The van der Waals surface area contributed by atoms with Crippen molar-refractivity contribution in [1.82, 2.24) is 14.3 Å². The molecule has 0 saturated heterocycles. The summed E-state index contributed by atoms with van der Waals surface area (Å²) in [6.07, 6.45) is 0.320. The Hall–Kier alpha value is -2.80. The smallest absolute Gasteiger partial charge is 0.338 e. The third kappa shape index (κ3) is 4.31. The molecule has 0 unspecified atom stereocenters. The van der Waals surface area contributed by atoms with Crippen molar-refractivity contribution in [3.8, 4) is 0 Å². The molecule has 4 nitrogen and oxygen atoms in total. The van der Waals surface area contributed by atoms with E-state index in [1.807, 2.05) is 12.1 Å². The van der Waals surface area contributed by atoms with Gasteiger partial charge in [0.05, 0.1) is 11.3 Å². The molecule has 27 heavy (non-hydrogen) atoms. The van der Waals surface area contributed by atoms with E-state index in [2.05, 4.69) is 4.98 Å². The van der Waals surface area contributed by atoms with Crippen molar-refractivity contribution in [2.75, 3.05) is 7.05 Å². The molecule has 0 fully saturated rings. The second kappa shape index (κ2) is 7.44. The number of likely N-dealkylation sites (N-methyl/N-ethyl adjacent to an activating group) is 1. The van der Waals surface area contributed by atoms with Crippen LogP contribution in [0.3, 0.4) is 0 Å². The van der Waals surface area contributed by atoms with E-state index in [0.717, 1.165) is 12.1 Å². The summed E-state index contributed by atoms with van der Waals surface area (Å²) in [7, 11) is 1.57. The van der Waals surface area contributed by atoms with Crippen molar-refractivity contribution in [2.24, 2.45) is 0 Å². The number of imidazole rings is 1. The summed E-state index contributed by atoms with van der Waals surface area (Å²) >= 11 is 6.11. The predicted octanol–water partition coefficient (Wildman–Crippen LogP) is 4.68. The van der Waals surface area contributed by atoms with Gasteiger partial charge in [-0.3, -0.25) is 9.20 Å². The first-order valence-corrected chi connectivity index (χ1v) is 8.35. The first kappa shape index (κ1) is 19.0. The minimum atomic E-state index is -4.38. The number of carbonyl (C=O) groups excluding carboxylic acids is 1. The molecule has 0 aliphatic heterocycles. The molecule has 1 aromatic carbocycles. The fourth-order valence-corrected chi connectivity index (χ4v) is 2.80. The summed E-state index contributed by atoms with van der Waals surface area (Å²) in [6, 6.07) is 10.2. The molecule has 0 bridgehead atoms. The van der Waals surface area contributed by atoms with E-state index >= 15 is 0 Å². The number of rotatable bonds is 4. The van der Waals surface area contributed by atoms with Crippen LogP contribution in [0.5, 0.6) is 0 Å². The lowest BCUT2D eigenvalue weighted by Gasteiger charge is -2.16. The fourth-order valence-electron chi connectivity index (χ4n) is 2.56. The van der Waals surface area contributed by atoms with E-state index in [-0.39, 0.29) is 17.6 Å². The Labute approximate surface area is 158 Å². The van der Waals surface area contributed by atoms with E-state index in [0.29, 0.717) is 16.9 Å². The van der Waals surface area contributed by atoms with E-state index in [1.165, 1.54) is 23.1 Å². The molecule has 1 amide bonds. The zero-order chi connectivity index (χ0) is 19.6. The fraction of sp³-hybridized carbons (Fsp3) is 0.158. The van der Waals surface area contributed by atoms with E-state index in [1.54, 1.807) is 29.8 Å². The van der Waals surface area contributed by atoms with Crippen LogP contribution >= 0.6 is 11.6 Å². The van der Waals surface area contributed by atoms with E-state index < -0.39 is 11.7 Å². The van der Waals surface area contributed by atoms with Crippen LogP contribution in [0.2, 0.25) is 5.15 Å².